The quantitative estimate of drug-likeness (QED) is 0.579. The Morgan fingerprint density at radius 2 is 1.92 bits per heavy atom. The molecule has 0 fully saturated rings. The third-order valence-electron chi connectivity index (χ3n) is 2.31. The van der Waals surface area contributed by atoms with Crippen molar-refractivity contribution in [2.75, 3.05) is 0 Å². The number of carbonyl (C=O) groups is 1. The zero-order valence-corrected chi connectivity index (χ0v) is 7.07. The summed E-state index contributed by atoms with van der Waals surface area (Å²) in [6.45, 7) is 0. The smallest absolute Gasteiger partial charge is 0.308 e. The molecular weight excluding hydrogens is 154 g/mol. The Balaban J connectivity index is 2.58. The van der Waals surface area contributed by atoms with Gasteiger partial charge in [-0.15, -0.1) is 0 Å². The standard InChI is InChI=1S/C9H15NO2/c10-8-6-4-2-1-3-5-7(8)9(11)12/h1-2,7-8H,3-6,10H2,(H,11,12)/t7-,8+/m0/s1. The average molecular weight is 169 g/mol. The van der Waals surface area contributed by atoms with Gasteiger partial charge in [-0.2, -0.15) is 0 Å². The highest BCUT2D eigenvalue weighted by Gasteiger charge is 2.24. The average Bonchev–Trinajstić information content (AvgIpc) is 1.96. The molecular formula is C9H15NO2. The van der Waals surface area contributed by atoms with Gasteiger partial charge in [0.05, 0.1) is 5.92 Å². The Morgan fingerprint density at radius 3 is 2.50 bits per heavy atom. The van der Waals surface area contributed by atoms with Gasteiger partial charge in [-0.1, -0.05) is 12.2 Å². The molecule has 0 aromatic heterocycles. The van der Waals surface area contributed by atoms with E-state index in [0.717, 1.165) is 19.3 Å². The lowest BCUT2D eigenvalue weighted by Crippen LogP contribution is -2.35. The fourth-order valence-electron chi connectivity index (χ4n) is 1.52. The number of carboxylic acids is 1. The van der Waals surface area contributed by atoms with Crippen molar-refractivity contribution in [3.63, 3.8) is 0 Å². The van der Waals surface area contributed by atoms with Crippen LogP contribution in [0.25, 0.3) is 0 Å². The summed E-state index contributed by atoms with van der Waals surface area (Å²) in [4.78, 5) is 10.7. The van der Waals surface area contributed by atoms with Gasteiger partial charge in [-0.05, 0) is 25.7 Å². The number of carboxylic acid groups (broad SMARTS) is 1. The Morgan fingerprint density at radius 1 is 1.33 bits per heavy atom. The lowest BCUT2D eigenvalue weighted by atomic mass is 9.90. The minimum atomic E-state index is -0.752. The van der Waals surface area contributed by atoms with Crippen LogP contribution in [-0.2, 0) is 4.79 Å². The van der Waals surface area contributed by atoms with E-state index in [4.69, 9.17) is 10.8 Å². The SMILES string of the molecule is N[C@@H]1CCC=CCC[C@@H]1C(=O)O. The van der Waals surface area contributed by atoms with Crippen LogP contribution < -0.4 is 5.73 Å². The van der Waals surface area contributed by atoms with E-state index in [2.05, 4.69) is 6.08 Å². The van der Waals surface area contributed by atoms with Gasteiger partial charge in [-0.25, -0.2) is 0 Å². The molecule has 0 saturated carbocycles. The van der Waals surface area contributed by atoms with Gasteiger partial charge in [0, 0.05) is 6.04 Å². The number of aliphatic carboxylic acids is 1. The van der Waals surface area contributed by atoms with E-state index in [1.165, 1.54) is 0 Å². The third-order valence-corrected chi connectivity index (χ3v) is 2.31. The highest BCUT2D eigenvalue weighted by Crippen LogP contribution is 2.17. The molecule has 0 radical (unpaired) electrons. The van der Waals surface area contributed by atoms with Crippen LogP contribution in [0.15, 0.2) is 12.2 Å². The lowest BCUT2D eigenvalue weighted by Gasteiger charge is -2.20. The number of hydrogen-bond donors (Lipinski definition) is 2. The van der Waals surface area contributed by atoms with Crippen molar-refractivity contribution in [2.24, 2.45) is 11.7 Å². The molecule has 0 aliphatic heterocycles. The molecule has 2 atom stereocenters. The third kappa shape index (κ3) is 2.34. The highest BCUT2D eigenvalue weighted by molar-refractivity contribution is 5.70. The molecule has 0 bridgehead atoms. The molecule has 0 amide bonds. The van der Waals surface area contributed by atoms with Crippen molar-refractivity contribution in [1.29, 1.82) is 0 Å². The van der Waals surface area contributed by atoms with Crippen molar-refractivity contribution in [2.45, 2.75) is 31.7 Å². The van der Waals surface area contributed by atoms with Gasteiger partial charge >= 0.3 is 5.97 Å². The number of hydrogen-bond acceptors (Lipinski definition) is 2. The molecule has 0 aromatic carbocycles. The van der Waals surface area contributed by atoms with Gasteiger partial charge in [0.25, 0.3) is 0 Å². The lowest BCUT2D eigenvalue weighted by molar-refractivity contribution is -0.142. The minimum Gasteiger partial charge on any atom is -0.481 e. The Bertz CT molecular complexity index is 189. The Hall–Kier alpha value is -0.830. The van der Waals surface area contributed by atoms with Crippen molar-refractivity contribution in [3.05, 3.63) is 12.2 Å². The van der Waals surface area contributed by atoms with Crippen LogP contribution in [0, 0.1) is 5.92 Å². The largest absolute Gasteiger partial charge is 0.481 e. The summed E-state index contributed by atoms with van der Waals surface area (Å²) in [7, 11) is 0. The molecule has 1 aliphatic carbocycles. The topological polar surface area (TPSA) is 63.3 Å². The van der Waals surface area contributed by atoms with Gasteiger partial charge < -0.3 is 10.8 Å². The summed E-state index contributed by atoms with van der Waals surface area (Å²) in [6, 6.07) is -0.174. The maximum Gasteiger partial charge on any atom is 0.308 e. The first-order valence-corrected chi connectivity index (χ1v) is 4.35. The van der Waals surface area contributed by atoms with Crippen molar-refractivity contribution in [3.8, 4) is 0 Å². The van der Waals surface area contributed by atoms with Crippen LogP contribution in [-0.4, -0.2) is 17.1 Å². The van der Waals surface area contributed by atoms with Gasteiger partial charge in [0.1, 0.15) is 0 Å². The van der Waals surface area contributed by atoms with E-state index < -0.39 is 5.97 Å². The maximum atomic E-state index is 10.7. The normalized spacial score (nSPS) is 30.8. The number of allylic oxidation sites excluding steroid dienone is 2. The predicted octanol–water partition coefficient (Wildman–Crippen LogP) is 1.14. The minimum absolute atomic E-state index is 0.174. The molecule has 1 rings (SSSR count). The fraction of sp³-hybridized carbons (Fsp3) is 0.667. The van der Waals surface area contributed by atoms with E-state index in [9.17, 15) is 4.79 Å². The first-order valence-electron chi connectivity index (χ1n) is 4.35. The molecule has 0 heterocycles. The first kappa shape index (κ1) is 9.26. The van der Waals surface area contributed by atoms with E-state index in [1.807, 2.05) is 6.08 Å². The fourth-order valence-corrected chi connectivity index (χ4v) is 1.52. The number of rotatable bonds is 1. The molecule has 3 N–H and O–H groups in total. The zero-order chi connectivity index (χ0) is 8.97. The molecule has 1 aliphatic rings. The van der Waals surface area contributed by atoms with E-state index in [0.29, 0.717) is 6.42 Å². The Kier molecular flexibility index (Phi) is 3.29. The number of nitrogens with two attached hydrogens (primary N) is 1. The Labute approximate surface area is 72.3 Å². The summed E-state index contributed by atoms with van der Waals surface area (Å²) >= 11 is 0. The molecule has 0 unspecified atom stereocenters. The van der Waals surface area contributed by atoms with E-state index >= 15 is 0 Å². The van der Waals surface area contributed by atoms with Crippen LogP contribution in [0.3, 0.4) is 0 Å². The molecule has 0 aromatic rings. The van der Waals surface area contributed by atoms with Gasteiger partial charge in [-0.3, -0.25) is 4.79 Å². The molecule has 3 nitrogen and oxygen atoms in total. The second-order valence-corrected chi connectivity index (χ2v) is 3.23. The van der Waals surface area contributed by atoms with Crippen LogP contribution in [0.4, 0.5) is 0 Å². The second kappa shape index (κ2) is 4.26. The van der Waals surface area contributed by atoms with Crippen LogP contribution in [0.1, 0.15) is 25.7 Å². The van der Waals surface area contributed by atoms with Crippen LogP contribution in [0.5, 0.6) is 0 Å². The summed E-state index contributed by atoms with van der Waals surface area (Å²) in [5.74, 6) is -1.10. The van der Waals surface area contributed by atoms with Crippen LogP contribution >= 0.6 is 0 Å². The van der Waals surface area contributed by atoms with Crippen LogP contribution in [0.2, 0.25) is 0 Å². The zero-order valence-electron chi connectivity index (χ0n) is 7.07. The van der Waals surface area contributed by atoms with E-state index in [1.54, 1.807) is 0 Å². The second-order valence-electron chi connectivity index (χ2n) is 3.23. The van der Waals surface area contributed by atoms with E-state index in [-0.39, 0.29) is 12.0 Å². The first-order chi connectivity index (χ1) is 5.72. The molecule has 68 valence electrons. The van der Waals surface area contributed by atoms with Crippen molar-refractivity contribution >= 4 is 5.97 Å². The maximum absolute atomic E-state index is 10.7. The summed E-state index contributed by atoms with van der Waals surface area (Å²) in [5, 5.41) is 8.82. The monoisotopic (exact) mass is 169 g/mol. The van der Waals surface area contributed by atoms with Gasteiger partial charge in [0.2, 0.25) is 0 Å². The summed E-state index contributed by atoms with van der Waals surface area (Å²) in [5.41, 5.74) is 5.73. The van der Waals surface area contributed by atoms with Gasteiger partial charge in [0.15, 0.2) is 0 Å². The molecule has 0 spiro atoms. The molecule has 12 heavy (non-hydrogen) atoms. The molecule has 3 heteroatoms. The highest BCUT2D eigenvalue weighted by atomic mass is 16.4. The molecule has 0 saturated heterocycles. The van der Waals surface area contributed by atoms with Crippen molar-refractivity contribution < 1.29 is 9.90 Å². The summed E-state index contributed by atoms with van der Waals surface area (Å²) < 4.78 is 0. The predicted molar refractivity (Wildman–Crippen MR) is 46.7 cm³/mol. The van der Waals surface area contributed by atoms with Crippen molar-refractivity contribution in [1.82, 2.24) is 0 Å². The summed E-state index contributed by atoms with van der Waals surface area (Å²) in [6.07, 6.45) is 7.33.